The van der Waals surface area contributed by atoms with Crippen molar-refractivity contribution in [2.24, 2.45) is 11.7 Å². The first-order valence-electron chi connectivity index (χ1n) is 5.56. The average Bonchev–Trinajstić information content (AvgIpc) is 2.22. The topological polar surface area (TPSA) is 73.6 Å². The zero-order chi connectivity index (χ0) is 12.6. The third-order valence-corrected chi connectivity index (χ3v) is 2.31. The Hall–Kier alpha value is -0.650. The van der Waals surface area contributed by atoms with Gasteiger partial charge in [-0.25, -0.2) is 0 Å². The summed E-state index contributed by atoms with van der Waals surface area (Å²) in [5.74, 6) is 0.103. The van der Waals surface area contributed by atoms with E-state index in [9.17, 15) is 4.79 Å². The molecule has 0 aliphatic heterocycles. The van der Waals surface area contributed by atoms with Gasteiger partial charge < -0.3 is 20.5 Å². The van der Waals surface area contributed by atoms with Crippen LogP contribution < -0.4 is 11.1 Å². The average molecular weight is 232 g/mol. The molecule has 96 valence electrons. The van der Waals surface area contributed by atoms with Crippen LogP contribution in [0.15, 0.2) is 0 Å². The summed E-state index contributed by atoms with van der Waals surface area (Å²) >= 11 is 0. The molecule has 0 fully saturated rings. The monoisotopic (exact) mass is 232 g/mol. The smallest absolute Gasteiger partial charge is 0.239 e. The first kappa shape index (κ1) is 15.3. The number of ether oxygens (including phenoxy) is 2. The maximum absolute atomic E-state index is 11.1. The van der Waals surface area contributed by atoms with Crippen LogP contribution in [0, 0.1) is 5.92 Å². The van der Waals surface area contributed by atoms with Gasteiger partial charge >= 0.3 is 0 Å². The molecular formula is C11H24N2O3. The van der Waals surface area contributed by atoms with Crippen LogP contribution >= 0.6 is 0 Å². The first-order valence-corrected chi connectivity index (χ1v) is 5.56. The van der Waals surface area contributed by atoms with Crippen LogP contribution in [-0.2, 0) is 14.3 Å². The van der Waals surface area contributed by atoms with E-state index in [1.165, 1.54) is 0 Å². The van der Waals surface area contributed by atoms with Gasteiger partial charge in [-0.15, -0.1) is 0 Å². The van der Waals surface area contributed by atoms with Crippen molar-refractivity contribution in [3.8, 4) is 0 Å². The minimum Gasteiger partial charge on any atom is -0.379 e. The van der Waals surface area contributed by atoms with Crippen molar-refractivity contribution in [2.45, 2.75) is 26.3 Å². The maximum Gasteiger partial charge on any atom is 0.239 e. The predicted octanol–water partition coefficient (Wildman–Crippen LogP) is 0.139. The van der Waals surface area contributed by atoms with Gasteiger partial charge in [0.05, 0.1) is 19.8 Å². The normalized spacial score (nSPS) is 15.1. The van der Waals surface area contributed by atoms with E-state index < -0.39 is 11.4 Å². The molecule has 5 heteroatoms. The van der Waals surface area contributed by atoms with E-state index in [4.69, 9.17) is 15.2 Å². The highest BCUT2D eigenvalue weighted by Gasteiger charge is 2.28. The van der Waals surface area contributed by atoms with Crippen molar-refractivity contribution in [1.29, 1.82) is 0 Å². The van der Waals surface area contributed by atoms with E-state index >= 15 is 0 Å². The van der Waals surface area contributed by atoms with Gasteiger partial charge in [-0.3, -0.25) is 4.79 Å². The molecule has 1 amide bonds. The molecule has 0 aromatic heterocycles. The molecule has 3 N–H and O–H groups in total. The van der Waals surface area contributed by atoms with Crippen molar-refractivity contribution >= 4 is 5.91 Å². The van der Waals surface area contributed by atoms with Crippen LogP contribution in [0.4, 0.5) is 0 Å². The van der Waals surface area contributed by atoms with Crippen molar-refractivity contribution in [3.63, 3.8) is 0 Å². The fraction of sp³-hybridized carbons (Fsp3) is 0.909. The van der Waals surface area contributed by atoms with E-state index in [-0.39, 0.29) is 6.61 Å². The minimum absolute atomic E-state index is 0.254. The summed E-state index contributed by atoms with van der Waals surface area (Å²) in [5.41, 5.74) is 4.44. The van der Waals surface area contributed by atoms with E-state index in [0.717, 1.165) is 6.61 Å². The fourth-order valence-corrected chi connectivity index (χ4v) is 0.980. The number of carbonyl (C=O) groups excluding carboxylic acids is 1. The molecule has 0 spiro atoms. The predicted molar refractivity (Wildman–Crippen MR) is 63.1 cm³/mol. The Morgan fingerprint density at radius 2 is 1.94 bits per heavy atom. The number of carbonyl (C=O) groups is 1. The Balaban J connectivity index is 3.61. The highest BCUT2D eigenvalue weighted by molar-refractivity contribution is 5.84. The maximum atomic E-state index is 11.1. The van der Waals surface area contributed by atoms with Crippen molar-refractivity contribution in [2.75, 3.05) is 33.5 Å². The standard InChI is InChI=1S/C11H24N2O3/c1-9(2)7-15-5-6-16-8-11(3,13-4)10(12)14/h9,13H,5-8H2,1-4H3,(H2,12,14). The van der Waals surface area contributed by atoms with E-state index in [1.54, 1.807) is 14.0 Å². The molecule has 0 aliphatic rings. The Kier molecular flexibility index (Phi) is 7.29. The number of amides is 1. The van der Waals surface area contributed by atoms with Gasteiger partial charge in [-0.1, -0.05) is 13.8 Å². The van der Waals surface area contributed by atoms with Crippen molar-refractivity contribution < 1.29 is 14.3 Å². The van der Waals surface area contributed by atoms with Crippen LogP contribution in [-0.4, -0.2) is 44.9 Å². The highest BCUT2D eigenvalue weighted by Crippen LogP contribution is 2.02. The summed E-state index contributed by atoms with van der Waals surface area (Å²) in [6, 6.07) is 0. The zero-order valence-electron chi connectivity index (χ0n) is 10.7. The number of nitrogens with two attached hydrogens (primary N) is 1. The van der Waals surface area contributed by atoms with Gasteiger partial charge in [0.15, 0.2) is 0 Å². The third-order valence-electron chi connectivity index (χ3n) is 2.31. The molecule has 1 unspecified atom stereocenters. The van der Waals surface area contributed by atoms with Crippen LogP contribution in [0.25, 0.3) is 0 Å². The van der Waals surface area contributed by atoms with Gasteiger partial charge in [0.25, 0.3) is 0 Å². The Morgan fingerprint density at radius 3 is 2.38 bits per heavy atom. The van der Waals surface area contributed by atoms with Crippen LogP contribution in [0.2, 0.25) is 0 Å². The quantitative estimate of drug-likeness (QED) is 0.555. The largest absolute Gasteiger partial charge is 0.379 e. The molecule has 0 aliphatic carbocycles. The molecular weight excluding hydrogens is 208 g/mol. The summed E-state index contributed by atoms with van der Waals surface area (Å²) < 4.78 is 10.7. The highest BCUT2D eigenvalue weighted by atomic mass is 16.5. The van der Waals surface area contributed by atoms with Crippen LogP contribution in [0.5, 0.6) is 0 Å². The van der Waals surface area contributed by atoms with E-state index in [2.05, 4.69) is 19.2 Å². The second-order valence-corrected chi connectivity index (χ2v) is 4.47. The summed E-state index contributed by atoms with van der Waals surface area (Å²) in [7, 11) is 1.68. The van der Waals surface area contributed by atoms with Gasteiger partial charge in [-0.05, 0) is 19.9 Å². The Bertz CT molecular complexity index is 209. The molecule has 16 heavy (non-hydrogen) atoms. The molecule has 0 heterocycles. The minimum atomic E-state index is -0.807. The van der Waals surface area contributed by atoms with Gasteiger partial charge in [0.1, 0.15) is 5.54 Å². The summed E-state index contributed by atoms with van der Waals surface area (Å²) in [4.78, 5) is 11.1. The van der Waals surface area contributed by atoms with Gasteiger partial charge in [0.2, 0.25) is 5.91 Å². The lowest BCUT2D eigenvalue weighted by Crippen LogP contribution is -2.55. The number of nitrogens with one attached hydrogen (secondary N) is 1. The first-order chi connectivity index (χ1) is 7.42. The number of hydrogen-bond donors (Lipinski definition) is 2. The molecule has 0 rings (SSSR count). The SMILES string of the molecule is CNC(C)(COCCOCC(C)C)C(N)=O. The summed E-state index contributed by atoms with van der Waals surface area (Å²) in [6.07, 6.45) is 0. The van der Waals surface area contributed by atoms with Crippen molar-refractivity contribution in [3.05, 3.63) is 0 Å². The molecule has 5 nitrogen and oxygen atoms in total. The number of likely N-dealkylation sites (N-methyl/N-ethyl adjacent to an activating group) is 1. The second kappa shape index (κ2) is 7.60. The number of rotatable bonds is 9. The molecule has 0 radical (unpaired) electrons. The zero-order valence-corrected chi connectivity index (χ0v) is 10.7. The fourth-order valence-electron chi connectivity index (χ4n) is 0.980. The van der Waals surface area contributed by atoms with Crippen LogP contribution in [0.1, 0.15) is 20.8 Å². The van der Waals surface area contributed by atoms with Crippen molar-refractivity contribution in [1.82, 2.24) is 5.32 Å². The molecule has 0 bridgehead atoms. The van der Waals surface area contributed by atoms with Gasteiger partial charge in [0, 0.05) is 6.61 Å². The third kappa shape index (κ3) is 6.05. The van der Waals surface area contributed by atoms with Crippen LogP contribution in [0.3, 0.4) is 0 Å². The number of primary amides is 1. The number of hydrogen-bond acceptors (Lipinski definition) is 4. The molecule has 0 saturated heterocycles. The van der Waals surface area contributed by atoms with E-state index in [1.807, 2.05) is 0 Å². The second-order valence-electron chi connectivity index (χ2n) is 4.47. The lowest BCUT2D eigenvalue weighted by molar-refractivity contribution is -0.126. The molecule has 0 aromatic carbocycles. The van der Waals surface area contributed by atoms with E-state index in [0.29, 0.717) is 19.1 Å². The Morgan fingerprint density at radius 1 is 1.38 bits per heavy atom. The molecule has 0 saturated carbocycles. The summed E-state index contributed by atoms with van der Waals surface area (Å²) in [6.45, 7) is 7.88. The Labute approximate surface area is 97.7 Å². The lowest BCUT2D eigenvalue weighted by atomic mass is 10.0. The lowest BCUT2D eigenvalue weighted by Gasteiger charge is -2.25. The summed E-state index contributed by atoms with van der Waals surface area (Å²) in [5, 5.41) is 2.85. The van der Waals surface area contributed by atoms with Gasteiger partial charge in [-0.2, -0.15) is 0 Å². The molecule has 0 aromatic rings. The molecule has 1 atom stereocenters.